The molecule has 2 unspecified atom stereocenters. The van der Waals surface area contributed by atoms with Crippen molar-refractivity contribution in [3.05, 3.63) is 36.0 Å². The van der Waals surface area contributed by atoms with Crippen molar-refractivity contribution in [3.8, 4) is 5.88 Å². The highest BCUT2D eigenvalue weighted by Gasteiger charge is 2.25. The molecule has 0 radical (unpaired) electrons. The Kier molecular flexibility index (Phi) is 4.61. The lowest BCUT2D eigenvalue weighted by molar-refractivity contribution is 0.0676. The minimum absolute atomic E-state index is 0.229. The van der Waals surface area contributed by atoms with Gasteiger partial charge in [0.2, 0.25) is 5.88 Å². The zero-order valence-electron chi connectivity index (χ0n) is 10.7. The molecule has 3 nitrogen and oxygen atoms in total. The minimum Gasteiger partial charge on any atom is -0.474 e. The second kappa shape index (κ2) is 6.21. The van der Waals surface area contributed by atoms with Crippen molar-refractivity contribution >= 4 is 11.6 Å². The van der Waals surface area contributed by atoms with Gasteiger partial charge in [0, 0.05) is 25.2 Å². The molecule has 0 bridgehead atoms. The summed E-state index contributed by atoms with van der Waals surface area (Å²) in [6, 6.07) is 5.98. The quantitative estimate of drug-likeness (QED) is 0.618. The first-order valence-electron chi connectivity index (χ1n) is 6.33. The van der Waals surface area contributed by atoms with E-state index in [-0.39, 0.29) is 6.10 Å². The van der Waals surface area contributed by atoms with E-state index in [1.165, 1.54) is 0 Å². The summed E-state index contributed by atoms with van der Waals surface area (Å²) < 4.78 is 5.88. The largest absolute Gasteiger partial charge is 0.474 e. The molecule has 0 aliphatic carbocycles. The van der Waals surface area contributed by atoms with Gasteiger partial charge in [-0.05, 0) is 25.8 Å². The fourth-order valence-corrected chi connectivity index (χ4v) is 2.50. The van der Waals surface area contributed by atoms with Crippen molar-refractivity contribution in [1.29, 1.82) is 0 Å². The van der Waals surface area contributed by atoms with Gasteiger partial charge in [-0.3, -0.25) is 4.90 Å². The smallest absolute Gasteiger partial charge is 0.214 e. The van der Waals surface area contributed by atoms with Crippen LogP contribution in [0.4, 0.5) is 0 Å². The highest BCUT2D eigenvalue weighted by molar-refractivity contribution is 6.29. The van der Waals surface area contributed by atoms with Gasteiger partial charge < -0.3 is 4.74 Å². The molecule has 0 aromatic carbocycles. The maximum atomic E-state index is 5.88. The molecule has 0 amide bonds. The summed E-state index contributed by atoms with van der Waals surface area (Å²) >= 11 is 5.85. The molecule has 0 saturated carbocycles. The van der Waals surface area contributed by atoms with Gasteiger partial charge in [0.25, 0.3) is 0 Å². The van der Waals surface area contributed by atoms with Gasteiger partial charge in [0.15, 0.2) is 0 Å². The Hall–Kier alpha value is -1.06. The van der Waals surface area contributed by atoms with Crippen molar-refractivity contribution < 1.29 is 4.74 Å². The third-order valence-corrected chi connectivity index (χ3v) is 3.52. The molecule has 2 rings (SSSR count). The van der Waals surface area contributed by atoms with Gasteiger partial charge >= 0.3 is 0 Å². The predicted octanol–water partition coefficient (Wildman–Crippen LogP) is 3.15. The molecule has 0 spiro atoms. The van der Waals surface area contributed by atoms with E-state index in [1.54, 1.807) is 6.07 Å². The average molecular weight is 267 g/mol. The van der Waals surface area contributed by atoms with E-state index in [9.17, 15) is 0 Å². The van der Waals surface area contributed by atoms with Crippen LogP contribution in [0.5, 0.6) is 5.88 Å². The summed E-state index contributed by atoms with van der Waals surface area (Å²) in [6.45, 7) is 8.00. The van der Waals surface area contributed by atoms with E-state index in [1.807, 2.05) is 18.2 Å². The van der Waals surface area contributed by atoms with Gasteiger partial charge in [0.1, 0.15) is 11.3 Å². The summed E-state index contributed by atoms with van der Waals surface area (Å²) in [7, 11) is 0. The average Bonchev–Trinajstić information content (AvgIpc) is 2.33. The molecule has 4 heteroatoms. The third-order valence-electron chi connectivity index (χ3n) is 3.31. The first kappa shape index (κ1) is 13.4. The van der Waals surface area contributed by atoms with Crippen LogP contribution in [-0.4, -0.2) is 35.1 Å². The number of ether oxygens (including phenoxy) is 1. The van der Waals surface area contributed by atoms with Crippen molar-refractivity contribution in [2.24, 2.45) is 0 Å². The SMILES string of the molecule is C=CCN1CCC(Oc2cccc(Cl)n2)CC1C. The van der Waals surface area contributed by atoms with Crippen molar-refractivity contribution in [2.45, 2.75) is 31.9 Å². The number of nitrogens with zero attached hydrogens (tertiary/aromatic N) is 2. The first-order chi connectivity index (χ1) is 8.69. The molecule has 98 valence electrons. The first-order valence-corrected chi connectivity index (χ1v) is 6.71. The minimum atomic E-state index is 0.229. The lowest BCUT2D eigenvalue weighted by Gasteiger charge is -2.36. The zero-order valence-corrected chi connectivity index (χ0v) is 11.4. The molecule has 1 aliphatic rings. The van der Waals surface area contributed by atoms with E-state index in [4.69, 9.17) is 16.3 Å². The summed E-state index contributed by atoms with van der Waals surface area (Å²) in [5.74, 6) is 0.622. The summed E-state index contributed by atoms with van der Waals surface area (Å²) in [4.78, 5) is 6.58. The Morgan fingerprint density at radius 3 is 3.11 bits per heavy atom. The van der Waals surface area contributed by atoms with Gasteiger partial charge in [-0.1, -0.05) is 23.7 Å². The molecule has 1 aliphatic heterocycles. The highest BCUT2D eigenvalue weighted by atomic mass is 35.5. The molecule has 1 fully saturated rings. The fraction of sp³-hybridized carbons (Fsp3) is 0.500. The molecule has 1 saturated heterocycles. The lowest BCUT2D eigenvalue weighted by atomic mass is 10.0. The normalized spacial score (nSPS) is 24.8. The lowest BCUT2D eigenvalue weighted by Crippen LogP contribution is -2.44. The van der Waals surface area contributed by atoms with Crippen LogP contribution in [0, 0.1) is 0 Å². The van der Waals surface area contributed by atoms with Crippen LogP contribution >= 0.6 is 11.6 Å². The van der Waals surface area contributed by atoms with E-state index in [0.717, 1.165) is 25.9 Å². The second-order valence-electron chi connectivity index (χ2n) is 4.70. The van der Waals surface area contributed by atoms with E-state index < -0.39 is 0 Å². The zero-order chi connectivity index (χ0) is 13.0. The van der Waals surface area contributed by atoms with Gasteiger partial charge in [-0.2, -0.15) is 0 Å². The Morgan fingerprint density at radius 1 is 1.61 bits per heavy atom. The molecule has 18 heavy (non-hydrogen) atoms. The molecular weight excluding hydrogens is 248 g/mol. The number of pyridine rings is 1. The van der Waals surface area contributed by atoms with Crippen molar-refractivity contribution in [2.75, 3.05) is 13.1 Å². The van der Waals surface area contributed by atoms with Crippen molar-refractivity contribution in [3.63, 3.8) is 0 Å². The molecular formula is C14H19ClN2O. The van der Waals surface area contributed by atoms with Crippen LogP contribution in [0.25, 0.3) is 0 Å². The summed E-state index contributed by atoms with van der Waals surface area (Å²) in [5.41, 5.74) is 0. The van der Waals surface area contributed by atoms with Crippen LogP contribution in [0.15, 0.2) is 30.9 Å². The Morgan fingerprint density at radius 2 is 2.44 bits per heavy atom. The van der Waals surface area contributed by atoms with Gasteiger partial charge in [0.05, 0.1) is 0 Å². The number of hydrogen-bond acceptors (Lipinski definition) is 3. The van der Waals surface area contributed by atoms with E-state index in [2.05, 4.69) is 23.4 Å². The number of rotatable bonds is 4. The Labute approximate surface area is 113 Å². The topological polar surface area (TPSA) is 25.4 Å². The number of aromatic nitrogens is 1. The van der Waals surface area contributed by atoms with E-state index >= 15 is 0 Å². The van der Waals surface area contributed by atoms with Gasteiger partial charge in [-0.15, -0.1) is 6.58 Å². The van der Waals surface area contributed by atoms with Crippen LogP contribution < -0.4 is 4.74 Å². The number of halogens is 1. The highest BCUT2D eigenvalue weighted by Crippen LogP contribution is 2.22. The molecule has 1 aromatic rings. The Balaban J connectivity index is 1.91. The van der Waals surface area contributed by atoms with E-state index in [0.29, 0.717) is 17.1 Å². The second-order valence-corrected chi connectivity index (χ2v) is 5.08. The monoisotopic (exact) mass is 266 g/mol. The number of hydrogen-bond donors (Lipinski definition) is 0. The Bertz CT molecular complexity index is 411. The summed E-state index contributed by atoms with van der Waals surface area (Å²) in [5, 5.41) is 0.477. The number of piperidine rings is 1. The maximum Gasteiger partial charge on any atom is 0.214 e. The summed E-state index contributed by atoms with van der Waals surface area (Å²) in [6.07, 6.45) is 4.22. The maximum absolute atomic E-state index is 5.88. The number of likely N-dealkylation sites (tertiary alicyclic amines) is 1. The molecule has 2 heterocycles. The van der Waals surface area contributed by atoms with Crippen molar-refractivity contribution in [1.82, 2.24) is 9.88 Å². The van der Waals surface area contributed by atoms with Crippen LogP contribution in [0.3, 0.4) is 0 Å². The van der Waals surface area contributed by atoms with Gasteiger partial charge in [-0.25, -0.2) is 4.98 Å². The molecule has 2 atom stereocenters. The van der Waals surface area contributed by atoms with Crippen LogP contribution in [0.1, 0.15) is 19.8 Å². The third kappa shape index (κ3) is 3.47. The predicted molar refractivity (Wildman–Crippen MR) is 74.1 cm³/mol. The molecule has 1 aromatic heterocycles. The molecule has 0 N–H and O–H groups in total. The standard InChI is InChI=1S/C14H19ClN2O/c1-3-8-17-9-7-12(10-11(17)2)18-14-6-4-5-13(15)16-14/h3-6,11-12H,1,7-10H2,2H3. The fourth-order valence-electron chi connectivity index (χ4n) is 2.35. The van der Waals surface area contributed by atoms with Crippen LogP contribution in [0.2, 0.25) is 5.15 Å². The van der Waals surface area contributed by atoms with Crippen LogP contribution in [-0.2, 0) is 0 Å².